The summed E-state index contributed by atoms with van der Waals surface area (Å²) in [5, 5.41) is 7.43. The maximum Gasteiger partial charge on any atom is 0.258 e. The van der Waals surface area contributed by atoms with E-state index in [4.69, 9.17) is 9.26 Å². The first kappa shape index (κ1) is 13.3. The minimum absolute atomic E-state index is 0.544. The quantitative estimate of drug-likeness (QED) is 0.929. The van der Waals surface area contributed by atoms with Gasteiger partial charge in [0.2, 0.25) is 5.82 Å². The first-order valence-electron chi connectivity index (χ1n) is 6.83. The molecule has 1 aliphatic rings. The van der Waals surface area contributed by atoms with E-state index in [0.717, 1.165) is 25.1 Å². The van der Waals surface area contributed by atoms with E-state index in [2.05, 4.69) is 21.5 Å². The van der Waals surface area contributed by atoms with E-state index in [0.29, 0.717) is 11.7 Å². The third-order valence-corrected chi connectivity index (χ3v) is 3.85. The van der Waals surface area contributed by atoms with Crippen LogP contribution in [0, 0.1) is 0 Å². The predicted molar refractivity (Wildman–Crippen MR) is 75.2 cm³/mol. The van der Waals surface area contributed by atoms with Gasteiger partial charge in [-0.3, -0.25) is 0 Å². The van der Waals surface area contributed by atoms with E-state index in [9.17, 15) is 0 Å². The molecule has 5 nitrogen and oxygen atoms in total. The van der Waals surface area contributed by atoms with Gasteiger partial charge in [-0.1, -0.05) is 17.3 Å². The van der Waals surface area contributed by atoms with Gasteiger partial charge in [0.1, 0.15) is 5.60 Å². The van der Waals surface area contributed by atoms with Crippen molar-refractivity contribution in [3.8, 4) is 11.5 Å². The molecule has 0 unspecified atom stereocenters. The lowest BCUT2D eigenvalue weighted by molar-refractivity contribution is 0.00973. The van der Waals surface area contributed by atoms with Crippen molar-refractivity contribution in [3.63, 3.8) is 0 Å². The Balaban J connectivity index is 2.02. The van der Waals surface area contributed by atoms with Gasteiger partial charge < -0.3 is 14.6 Å². The maximum atomic E-state index is 5.44. The molecule has 0 spiro atoms. The highest BCUT2D eigenvalue weighted by Gasteiger charge is 2.27. The fraction of sp³-hybridized carbons (Fsp3) is 0.467. The van der Waals surface area contributed by atoms with Crippen LogP contribution in [-0.4, -0.2) is 23.8 Å². The number of rotatable bonds is 3. The first-order chi connectivity index (χ1) is 9.62. The zero-order valence-corrected chi connectivity index (χ0v) is 12.1. The lowest BCUT2D eigenvalue weighted by Gasteiger charge is -2.19. The summed E-state index contributed by atoms with van der Waals surface area (Å²) in [5.41, 5.74) is 3.10. The number of aromatic nitrogens is 2. The molecule has 1 aromatic carbocycles. The van der Waals surface area contributed by atoms with Crippen LogP contribution in [0.5, 0.6) is 0 Å². The van der Waals surface area contributed by atoms with E-state index in [1.54, 1.807) is 7.11 Å². The standard InChI is InChI=1S/C15H19N3O2/c1-15(2,19-3)14-17-13(20-18-14)12-6-4-5-10-9-16-8-7-11(10)12/h4-6,16H,7-9H2,1-3H3. The number of benzene rings is 1. The van der Waals surface area contributed by atoms with E-state index in [1.165, 1.54) is 11.1 Å². The Kier molecular flexibility index (Phi) is 3.31. The smallest absolute Gasteiger partial charge is 0.258 e. The molecule has 2 aromatic rings. The zero-order valence-electron chi connectivity index (χ0n) is 12.1. The van der Waals surface area contributed by atoms with E-state index in [-0.39, 0.29) is 0 Å². The Hall–Kier alpha value is -1.72. The molecule has 3 rings (SSSR count). The van der Waals surface area contributed by atoms with Crippen molar-refractivity contribution in [3.05, 3.63) is 35.2 Å². The van der Waals surface area contributed by atoms with Gasteiger partial charge in [-0.2, -0.15) is 4.98 Å². The topological polar surface area (TPSA) is 60.2 Å². The van der Waals surface area contributed by atoms with E-state index < -0.39 is 5.60 Å². The van der Waals surface area contributed by atoms with E-state index in [1.807, 2.05) is 26.0 Å². The second-order valence-corrected chi connectivity index (χ2v) is 5.51. The van der Waals surface area contributed by atoms with Crippen LogP contribution in [0.4, 0.5) is 0 Å². The summed E-state index contributed by atoms with van der Waals surface area (Å²) in [6.45, 7) is 5.72. The minimum Gasteiger partial charge on any atom is -0.371 e. The van der Waals surface area contributed by atoms with Crippen LogP contribution in [-0.2, 0) is 23.3 Å². The van der Waals surface area contributed by atoms with Gasteiger partial charge in [0.25, 0.3) is 5.89 Å². The highest BCUT2D eigenvalue weighted by molar-refractivity contribution is 5.61. The van der Waals surface area contributed by atoms with Crippen molar-refractivity contribution in [2.45, 2.75) is 32.4 Å². The summed E-state index contributed by atoms with van der Waals surface area (Å²) in [7, 11) is 1.64. The molecular formula is C15H19N3O2. The van der Waals surface area contributed by atoms with Crippen molar-refractivity contribution >= 4 is 0 Å². The Labute approximate surface area is 118 Å². The number of hydrogen-bond donors (Lipinski definition) is 1. The third kappa shape index (κ3) is 2.23. The largest absolute Gasteiger partial charge is 0.371 e. The van der Waals surface area contributed by atoms with Crippen molar-refractivity contribution < 1.29 is 9.26 Å². The Morgan fingerprint density at radius 3 is 3.00 bits per heavy atom. The number of hydrogen-bond acceptors (Lipinski definition) is 5. The molecular weight excluding hydrogens is 254 g/mol. The minimum atomic E-state index is -0.544. The fourth-order valence-electron chi connectivity index (χ4n) is 2.40. The molecule has 2 heterocycles. The molecule has 0 saturated carbocycles. The lowest BCUT2D eigenvalue weighted by Crippen LogP contribution is -2.24. The Bertz CT molecular complexity index is 619. The van der Waals surface area contributed by atoms with Gasteiger partial charge in [-0.25, -0.2) is 0 Å². The monoisotopic (exact) mass is 273 g/mol. The molecule has 0 aliphatic carbocycles. The predicted octanol–water partition coefficient (Wildman–Crippen LogP) is 2.26. The second kappa shape index (κ2) is 5.00. The zero-order chi connectivity index (χ0) is 14.2. The van der Waals surface area contributed by atoms with Crippen molar-refractivity contribution in [1.29, 1.82) is 0 Å². The van der Waals surface area contributed by atoms with Crippen LogP contribution >= 0.6 is 0 Å². The molecule has 0 amide bonds. The van der Waals surface area contributed by atoms with Crippen LogP contribution in [0.1, 0.15) is 30.8 Å². The van der Waals surface area contributed by atoms with Gasteiger partial charge in [-0.15, -0.1) is 0 Å². The Morgan fingerprint density at radius 2 is 2.20 bits per heavy atom. The van der Waals surface area contributed by atoms with Crippen molar-refractivity contribution in [2.75, 3.05) is 13.7 Å². The Morgan fingerprint density at radius 1 is 1.35 bits per heavy atom. The molecule has 0 bridgehead atoms. The number of ether oxygens (including phenoxy) is 1. The molecule has 1 N–H and O–H groups in total. The van der Waals surface area contributed by atoms with Gasteiger partial charge in [0.05, 0.1) is 0 Å². The molecule has 20 heavy (non-hydrogen) atoms. The maximum absolute atomic E-state index is 5.44. The van der Waals surface area contributed by atoms with Crippen molar-refractivity contribution in [2.24, 2.45) is 0 Å². The summed E-state index contributed by atoms with van der Waals surface area (Å²) in [5.74, 6) is 1.14. The molecule has 0 fully saturated rings. The summed E-state index contributed by atoms with van der Waals surface area (Å²) in [4.78, 5) is 4.51. The third-order valence-electron chi connectivity index (χ3n) is 3.85. The van der Waals surface area contributed by atoms with Gasteiger partial charge >= 0.3 is 0 Å². The van der Waals surface area contributed by atoms with Gasteiger partial charge in [-0.05, 0) is 44.0 Å². The van der Waals surface area contributed by atoms with Gasteiger partial charge in [0, 0.05) is 19.2 Å². The summed E-state index contributed by atoms with van der Waals surface area (Å²) in [6.07, 6.45) is 0.983. The number of fused-ring (bicyclic) bond motifs is 1. The van der Waals surface area contributed by atoms with Crippen molar-refractivity contribution in [1.82, 2.24) is 15.5 Å². The summed E-state index contributed by atoms with van der Waals surface area (Å²) < 4.78 is 10.8. The van der Waals surface area contributed by atoms with Crippen LogP contribution in [0.15, 0.2) is 22.7 Å². The first-order valence-corrected chi connectivity index (χ1v) is 6.83. The summed E-state index contributed by atoms with van der Waals surface area (Å²) >= 11 is 0. The average Bonchev–Trinajstić information content (AvgIpc) is 2.97. The summed E-state index contributed by atoms with van der Waals surface area (Å²) in [6, 6.07) is 6.22. The molecule has 5 heteroatoms. The van der Waals surface area contributed by atoms with Crippen LogP contribution < -0.4 is 5.32 Å². The SMILES string of the molecule is COC(C)(C)c1noc(-c2cccc3c2CCNC3)n1. The molecule has 0 radical (unpaired) electrons. The lowest BCUT2D eigenvalue weighted by atomic mass is 9.95. The highest BCUT2D eigenvalue weighted by Crippen LogP contribution is 2.29. The van der Waals surface area contributed by atoms with E-state index >= 15 is 0 Å². The van der Waals surface area contributed by atoms with Crippen LogP contribution in [0.3, 0.4) is 0 Å². The molecule has 106 valence electrons. The second-order valence-electron chi connectivity index (χ2n) is 5.51. The normalized spacial score (nSPS) is 15.2. The molecule has 1 aromatic heterocycles. The fourth-order valence-corrected chi connectivity index (χ4v) is 2.40. The molecule has 1 aliphatic heterocycles. The average molecular weight is 273 g/mol. The highest BCUT2D eigenvalue weighted by atomic mass is 16.5. The number of methoxy groups -OCH3 is 1. The van der Waals surface area contributed by atoms with Gasteiger partial charge in [0.15, 0.2) is 0 Å². The van der Waals surface area contributed by atoms with Crippen LogP contribution in [0.2, 0.25) is 0 Å². The number of nitrogens with zero attached hydrogens (tertiary/aromatic N) is 2. The molecule has 0 saturated heterocycles. The molecule has 0 atom stereocenters. The number of nitrogens with one attached hydrogen (secondary N) is 1. The van der Waals surface area contributed by atoms with Crippen LogP contribution in [0.25, 0.3) is 11.5 Å².